The quantitative estimate of drug-likeness (QED) is 0.866. The minimum atomic E-state index is -0.109. The third kappa shape index (κ3) is 2.85. The lowest BCUT2D eigenvalue weighted by molar-refractivity contribution is -0.0592. The Morgan fingerprint density at radius 2 is 1.82 bits per heavy atom. The van der Waals surface area contributed by atoms with E-state index < -0.39 is 0 Å². The first-order valence-corrected chi connectivity index (χ1v) is 7.44. The molecule has 22 heavy (non-hydrogen) atoms. The number of benzene rings is 1. The van der Waals surface area contributed by atoms with Gasteiger partial charge in [-0.2, -0.15) is 0 Å². The van der Waals surface area contributed by atoms with Crippen LogP contribution in [0.2, 0.25) is 0 Å². The summed E-state index contributed by atoms with van der Waals surface area (Å²) in [7, 11) is 0. The van der Waals surface area contributed by atoms with Gasteiger partial charge in [-0.05, 0) is 38.1 Å². The maximum absolute atomic E-state index is 12.6. The number of nitrogens with two attached hydrogens (primary N) is 1. The predicted octanol–water partition coefficient (Wildman–Crippen LogP) is 2.78. The number of morpholine rings is 1. The lowest BCUT2D eigenvalue weighted by atomic mass is 10.1. The fourth-order valence-corrected chi connectivity index (χ4v) is 2.82. The topological polar surface area (TPSA) is 68.7 Å². The number of nitrogens with zero attached hydrogens (tertiary/aromatic N) is 1. The van der Waals surface area contributed by atoms with E-state index in [1.54, 1.807) is 17.0 Å². The number of furan rings is 1. The predicted molar refractivity (Wildman–Crippen MR) is 84.5 cm³/mol. The molecule has 5 nitrogen and oxygen atoms in total. The van der Waals surface area contributed by atoms with Gasteiger partial charge in [-0.3, -0.25) is 4.79 Å². The van der Waals surface area contributed by atoms with Gasteiger partial charge in [0.1, 0.15) is 5.76 Å². The molecule has 1 saturated heterocycles. The summed E-state index contributed by atoms with van der Waals surface area (Å²) in [6.07, 6.45) is 0.0683. The number of carbonyl (C=O) groups is 1. The number of nitrogen functional groups attached to an aromatic ring is 1. The van der Waals surface area contributed by atoms with Crippen LogP contribution in [0.5, 0.6) is 0 Å². The fraction of sp³-hybridized carbons (Fsp3) is 0.353. The van der Waals surface area contributed by atoms with Crippen LogP contribution in [0, 0.1) is 0 Å². The number of ether oxygens (including phenoxy) is 1. The van der Waals surface area contributed by atoms with Crippen LogP contribution in [0.1, 0.15) is 24.4 Å². The largest absolute Gasteiger partial charge is 0.451 e. The molecule has 1 aliphatic rings. The lowest BCUT2D eigenvalue weighted by Gasteiger charge is -2.34. The number of hydrogen-bond acceptors (Lipinski definition) is 4. The average Bonchev–Trinajstić information content (AvgIpc) is 2.95. The van der Waals surface area contributed by atoms with Gasteiger partial charge in [0.05, 0.1) is 12.2 Å². The fourth-order valence-electron chi connectivity index (χ4n) is 2.82. The SMILES string of the molecule is C[C@@H]1CN(C(=O)c2ccc(-c3ccccc3N)o2)C[C@@H](C)O1. The normalized spacial score (nSPS) is 21.8. The molecule has 2 N–H and O–H groups in total. The van der Waals surface area contributed by atoms with Crippen molar-refractivity contribution in [1.29, 1.82) is 0 Å². The third-order valence-corrected chi connectivity index (χ3v) is 3.75. The number of rotatable bonds is 2. The van der Waals surface area contributed by atoms with Crippen LogP contribution >= 0.6 is 0 Å². The smallest absolute Gasteiger partial charge is 0.289 e. The van der Waals surface area contributed by atoms with Crippen molar-refractivity contribution in [2.24, 2.45) is 0 Å². The van der Waals surface area contributed by atoms with Crippen molar-refractivity contribution >= 4 is 11.6 Å². The average molecular weight is 300 g/mol. The first kappa shape index (κ1) is 14.7. The molecule has 0 spiro atoms. The highest BCUT2D eigenvalue weighted by Crippen LogP contribution is 2.28. The molecule has 0 radical (unpaired) electrons. The highest BCUT2D eigenvalue weighted by molar-refractivity contribution is 5.92. The number of amides is 1. The maximum atomic E-state index is 12.6. The zero-order chi connectivity index (χ0) is 15.7. The molecule has 1 aliphatic heterocycles. The van der Waals surface area contributed by atoms with Gasteiger partial charge in [-0.25, -0.2) is 0 Å². The van der Waals surface area contributed by atoms with E-state index in [2.05, 4.69) is 0 Å². The van der Waals surface area contributed by atoms with Crippen molar-refractivity contribution in [3.63, 3.8) is 0 Å². The van der Waals surface area contributed by atoms with Crippen molar-refractivity contribution in [2.45, 2.75) is 26.1 Å². The Balaban J connectivity index is 1.82. The van der Waals surface area contributed by atoms with Gasteiger partial charge in [-0.1, -0.05) is 12.1 Å². The van der Waals surface area contributed by atoms with Crippen LogP contribution in [0.15, 0.2) is 40.8 Å². The summed E-state index contributed by atoms with van der Waals surface area (Å²) < 4.78 is 11.4. The number of para-hydroxylation sites is 1. The third-order valence-electron chi connectivity index (χ3n) is 3.75. The van der Waals surface area contributed by atoms with Crippen LogP contribution in [-0.4, -0.2) is 36.1 Å². The Morgan fingerprint density at radius 3 is 2.50 bits per heavy atom. The molecule has 0 bridgehead atoms. The molecule has 2 heterocycles. The maximum Gasteiger partial charge on any atom is 0.289 e. The molecular weight excluding hydrogens is 280 g/mol. The standard InChI is InChI=1S/C17H20N2O3/c1-11-9-19(10-12(2)21-11)17(20)16-8-7-15(22-16)13-5-3-4-6-14(13)18/h3-8,11-12H,9-10,18H2,1-2H3/t11-,12-/m1/s1. The zero-order valence-electron chi connectivity index (χ0n) is 12.8. The Morgan fingerprint density at radius 1 is 1.14 bits per heavy atom. The van der Waals surface area contributed by atoms with Gasteiger partial charge in [0, 0.05) is 24.3 Å². The minimum absolute atomic E-state index is 0.0342. The van der Waals surface area contributed by atoms with Gasteiger partial charge in [0.2, 0.25) is 0 Å². The highest BCUT2D eigenvalue weighted by Gasteiger charge is 2.28. The van der Waals surface area contributed by atoms with E-state index in [4.69, 9.17) is 14.9 Å². The first-order valence-electron chi connectivity index (χ1n) is 7.44. The molecule has 3 rings (SSSR count). The number of carbonyl (C=O) groups excluding carboxylic acids is 1. The molecule has 1 aromatic carbocycles. The molecule has 0 unspecified atom stereocenters. The van der Waals surface area contributed by atoms with Gasteiger partial charge in [0.25, 0.3) is 5.91 Å². The Bertz CT molecular complexity index is 670. The van der Waals surface area contributed by atoms with E-state index in [1.807, 2.05) is 38.1 Å². The molecule has 1 amide bonds. The molecule has 116 valence electrons. The van der Waals surface area contributed by atoms with E-state index in [0.717, 1.165) is 5.56 Å². The van der Waals surface area contributed by atoms with E-state index in [1.165, 1.54) is 0 Å². The van der Waals surface area contributed by atoms with E-state index >= 15 is 0 Å². The van der Waals surface area contributed by atoms with Crippen LogP contribution in [-0.2, 0) is 4.74 Å². The first-order chi connectivity index (χ1) is 10.5. The summed E-state index contributed by atoms with van der Waals surface area (Å²) >= 11 is 0. The summed E-state index contributed by atoms with van der Waals surface area (Å²) in [6.45, 7) is 5.09. The molecular formula is C17H20N2O3. The van der Waals surface area contributed by atoms with Gasteiger partial charge >= 0.3 is 0 Å². The minimum Gasteiger partial charge on any atom is -0.451 e. The molecule has 2 aromatic rings. The second-order valence-corrected chi connectivity index (χ2v) is 5.72. The highest BCUT2D eigenvalue weighted by atomic mass is 16.5. The molecule has 5 heteroatoms. The second-order valence-electron chi connectivity index (χ2n) is 5.72. The van der Waals surface area contributed by atoms with Gasteiger partial charge < -0.3 is 19.8 Å². The Labute approximate surface area is 129 Å². The zero-order valence-corrected chi connectivity index (χ0v) is 12.8. The van der Waals surface area contributed by atoms with Crippen molar-refractivity contribution < 1.29 is 13.9 Å². The lowest BCUT2D eigenvalue weighted by Crippen LogP contribution is -2.48. The van der Waals surface area contributed by atoms with E-state index in [9.17, 15) is 4.79 Å². The molecule has 1 aromatic heterocycles. The summed E-state index contributed by atoms with van der Waals surface area (Å²) in [4.78, 5) is 14.3. The van der Waals surface area contributed by atoms with Crippen LogP contribution in [0.4, 0.5) is 5.69 Å². The van der Waals surface area contributed by atoms with E-state index in [-0.39, 0.29) is 18.1 Å². The number of hydrogen-bond donors (Lipinski definition) is 1. The van der Waals surface area contributed by atoms with Crippen molar-refractivity contribution in [3.8, 4) is 11.3 Å². The van der Waals surface area contributed by atoms with Crippen LogP contribution < -0.4 is 5.73 Å². The van der Waals surface area contributed by atoms with Gasteiger partial charge in [-0.15, -0.1) is 0 Å². The van der Waals surface area contributed by atoms with Crippen molar-refractivity contribution in [3.05, 3.63) is 42.2 Å². The van der Waals surface area contributed by atoms with Crippen LogP contribution in [0.25, 0.3) is 11.3 Å². The number of anilines is 1. The summed E-state index contributed by atoms with van der Waals surface area (Å²) in [6, 6.07) is 10.9. The van der Waals surface area contributed by atoms with Gasteiger partial charge in [0.15, 0.2) is 5.76 Å². The molecule has 0 aliphatic carbocycles. The van der Waals surface area contributed by atoms with Crippen molar-refractivity contribution in [1.82, 2.24) is 4.90 Å². The van der Waals surface area contributed by atoms with Crippen LogP contribution in [0.3, 0.4) is 0 Å². The van der Waals surface area contributed by atoms with E-state index in [0.29, 0.717) is 30.3 Å². The summed E-state index contributed by atoms with van der Waals surface area (Å²) in [5.74, 6) is 0.832. The summed E-state index contributed by atoms with van der Waals surface area (Å²) in [5.41, 5.74) is 7.37. The Kier molecular flexibility index (Phi) is 3.90. The summed E-state index contributed by atoms with van der Waals surface area (Å²) in [5, 5.41) is 0. The molecule has 1 fully saturated rings. The molecule has 0 saturated carbocycles. The van der Waals surface area contributed by atoms with Crippen molar-refractivity contribution in [2.75, 3.05) is 18.8 Å². The monoisotopic (exact) mass is 300 g/mol. The Hall–Kier alpha value is -2.27. The second kappa shape index (κ2) is 5.85. The molecule has 2 atom stereocenters.